The molecule has 1 saturated heterocycles. The number of hydrogen-bond donors (Lipinski definition) is 2. The maximum atomic E-state index is 12.8. The predicted octanol–water partition coefficient (Wildman–Crippen LogP) is 5.93. The van der Waals surface area contributed by atoms with Crippen LogP contribution in [0.4, 0.5) is 11.5 Å². The van der Waals surface area contributed by atoms with E-state index in [-0.39, 0.29) is 11.7 Å². The first-order chi connectivity index (χ1) is 17.0. The van der Waals surface area contributed by atoms with Gasteiger partial charge in [-0.25, -0.2) is 4.98 Å². The molecule has 35 heavy (non-hydrogen) atoms. The Labute approximate surface area is 206 Å². The van der Waals surface area contributed by atoms with Crippen molar-refractivity contribution in [3.8, 4) is 17.0 Å². The fourth-order valence-corrected chi connectivity index (χ4v) is 4.79. The number of nitrogens with zero attached hydrogens (tertiary/aromatic N) is 2. The molecule has 6 heteroatoms. The number of para-hydroxylation sites is 1. The molecule has 0 saturated carbocycles. The van der Waals surface area contributed by atoms with Crippen LogP contribution in [0.1, 0.15) is 38.2 Å². The number of aromatic nitrogens is 2. The summed E-state index contributed by atoms with van der Waals surface area (Å²) in [5.41, 5.74) is 3.75. The van der Waals surface area contributed by atoms with Crippen LogP contribution in [0.25, 0.3) is 22.0 Å². The van der Waals surface area contributed by atoms with Crippen LogP contribution >= 0.6 is 0 Å². The lowest BCUT2D eigenvalue weighted by molar-refractivity contribution is 0.243. The fourth-order valence-electron chi connectivity index (χ4n) is 4.79. The number of fused-ring (bicyclic) bond motifs is 1. The molecule has 4 aromatic rings. The lowest BCUT2D eigenvalue weighted by Gasteiger charge is -2.29. The van der Waals surface area contributed by atoms with E-state index >= 15 is 0 Å². The van der Waals surface area contributed by atoms with Crippen molar-refractivity contribution in [3.05, 3.63) is 82.8 Å². The minimum atomic E-state index is -0.168. The molecule has 2 N–H and O–H groups in total. The second-order valence-corrected chi connectivity index (χ2v) is 9.61. The molecule has 1 aliphatic heterocycles. The average molecular weight is 469 g/mol. The molecule has 0 amide bonds. The van der Waals surface area contributed by atoms with Crippen molar-refractivity contribution in [2.75, 3.05) is 25.5 Å². The molecule has 0 bridgehead atoms. The molecule has 6 nitrogen and oxygen atoms in total. The minimum absolute atomic E-state index is 0.0418. The van der Waals surface area contributed by atoms with E-state index in [1.807, 2.05) is 50.2 Å². The third-order valence-corrected chi connectivity index (χ3v) is 6.64. The second kappa shape index (κ2) is 9.92. The van der Waals surface area contributed by atoms with Crippen molar-refractivity contribution in [2.45, 2.75) is 38.7 Å². The van der Waals surface area contributed by atoms with Gasteiger partial charge < -0.3 is 19.9 Å². The quantitative estimate of drug-likeness (QED) is 0.367. The number of nitrogens with one attached hydrogen (secondary N) is 2. The Kier molecular flexibility index (Phi) is 6.55. The van der Waals surface area contributed by atoms with Crippen LogP contribution < -0.4 is 15.6 Å². The van der Waals surface area contributed by atoms with Crippen LogP contribution in [-0.2, 0) is 0 Å². The van der Waals surface area contributed by atoms with E-state index in [0.29, 0.717) is 17.1 Å². The van der Waals surface area contributed by atoms with Crippen molar-refractivity contribution < 1.29 is 4.74 Å². The first-order valence-electron chi connectivity index (χ1n) is 12.3. The van der Waals surface area contributed by atoms with Gasteiger partial charge in [-0.2, -0.15) is 0 Å². The van der Waals surface area contributed by atoms with Crippen LogP contribution in [0.15, 0.2) is 71.7 Å². The molecule has 0 unspecified atom stereocenters. The van der Waals surface area contributed by atoms with Crippen LogP contribution in [0.3, 0.4) is 0 Å². The van der Waals surface area contributed by atoms with Gasteiger partial charge in [0.05, 0.1) is 17.2 Å². The van der Waals surface area contributed by atoms with Gasteiger partial charge >= 0.3 is 0 Å². The van der Waals surface area contributed by atoms with Crippen LogP contribution in [0.2, 0.25) is 0 Å². The number of aromatic amines is 1. The van der Waals surface area contributed by atoms with Gasteiger partial charge in [-0.1, -0.05) is 24.3 Å². The van der Waals surface area contributed by atoms with E-state index in [9.17, 15) is 4.79 Å². The Morgan fingerprint density at radius 1 is 1.06 bits per heavy atom. The molecule has 0 atom stereocenters. The standard InChI is InChI=1S/C29H32N4O2/c1-19(2)35-26-7-5-4-6-24(26)25-18-22-12-15-30-29(34)27(22)28(32-25)31-23-10-8-20(9-11-23)21-13-16-33(3)17-14-21/h4-12,15,18-19,21H,13-14,16-17H2,1-3H3,(H,30,34)(H,31,32). The molecule has 0 spiro atoms. The van der Waals surface area contributed by atoms with Gasteiger partial charge in [-0.3, -0.25) is 4.79 Å². The summed E-state index contributed by atoms with van der Waals surface area (Å²) < 4.78 is 6.04. The SMILES string of the molecule is CC(C)Oc1ccccc1-c1cc2cc[nH]c(=O)c2c(Nc2ccc(C3CCN(C)CC3)cc2)n1. The fraction of sp³-hybridized carbons (Fsp3) is 0.310. The van der Waals surface area contributed by atoms with Gasteiger partial charge in [0.25, 0.3) is 5.56 Å². The molecular weight excluding hydrogens is 436 g/mol. The van der Waals surface area contributed by atoms with Crippen molar-refractivity contribution in [3.63, 3.8) is 0 Å². The number of pyridine rings is 2. The topological polar surface area (TPSA) is 70.2 Å². The Hall–Kier alpha value is -3.64. The zero-order valence-electron chi connectivity index (χ0n) is 20.5. The molecule has 3 heterocycles. The number of likely N-dealkylation sites (tertiary alicyclic amines) is 1. The summed E-state index contributed by atoms with van der Waals surface area (Å²) >= 11 is 0. The highest BCUT2D eigenvalue weighted by Crippen LogP contribution is 2.34. The summed E-state index contributed by atoms with van der Waals surface area (Å²) in [5.74, 6) is 1.90. The normalized spacial score (nSPS) is 15.0. The number of anilines is 2. The van der Waals surface area contributed by atoms with Crippen molar-refractivity contribution in [1.82, 2.24) is 14.9 Å². The van der Waals surface area contributed by atoms with E-state index in [1.165, 1.54) is 18.4 Å². The van der Waals surface area contributed by atoms with E-state index in [0.717, 1.165) is 41.2 Å². The maximum absolute atomic E-state index is 12.8. The summed E-state index contributed by atoms with van der Waals surface area (Å²) in [5, 5.41) is 4.78. The predicted molar refractivity (Wildman–Crippen MR) is 143 cm³/mol. The Bertz CT molecular complexity index is 1370. The van der Waals surface area contributed by atoms with Gasteiger partial charge in [0.15, 0.2) is 0 Å². The molecule has 180 valence electrons. The van der Waals surface area contributed by atoms with E-state index in [1.54, 1.807) is 6.20 Å². The molecule has 1 aliphatic rings. The van der Waals surface area contributed by atoms with E-state index in [2.05, 4.69) is 46.5 Å². The first-order valence-corrected chi connectivity index (χ1v) is 12.3. The Morgan fingerprint density at radius 3 is 2.54 bits per heavy atom. The molecule has 5 rings (SSSR count). The number of ether oxygens (including phenoxy) is 1. The van der Waals surface area contributed by atoms with Gasteiger partial charge in [0.2, 0.25) is 0 Å². The summed E-state index contributed by atoms with van der Waals surface area (Å²) in [7, 11) is 2.18. The van der Waals surface area contributed by atoms with E-state index < -0.39 is 0 Å². The lowest BCUT2D eigenvalue weighted by Crippen LogP contribution is -2.29. The smallest absolute Gasteiger partial charge is 0.259 e. The van der Waals surface area contributed by atoms with Gasteiger partial charge in [0, 0.05) is 17.4 Å². The van der Waals surface area contributed by atoms with Gasteiger partial charge in [-0.05, 0) is 100 Å². The minimum Gasteiger partial charge on any atom is -0.490 e. The summed E-state index contributed by atoms with van der Waals surface area (Å²) in [6.45, 7) is 6.29. The number of hydrogen-bond acceptors (Lipinski definition) is 5. The van der Waals surface area contributed by atoms with Crippen molar-refractivity contribution >= 4 is 22.3 Å². The van der Waals surface area contributed by atoms with Crippen LogP contribution in [0.5, 0.6) is 5.75 Å². The largest absolute Gasteiger partial charge is 0.490 e. The summed E-state index contributed by atoms with van der Waals surface area (Å²) in [4.78, 5) is 22.8. The summed E-state index contributed by atoms with van der Waals surface area (Å²) in [6.07, 6.45) is 4.08. The van der Waals surface area contributed by atoms with Crippen molar-refractivity contribution in [1.29, 1.82) is 0 Å². The van der Waals surface area contributed by atoms with Crippen LogP contribution in [-0.4, -0.2) is 41.1 Å². The third-order valence-electron chi connectivity index (χ3n) is 6.64. The highest BCUT2D eigenvalue weighted by molar-refractivity contribution is 5.95. The van der Waals surface area contributed by atoms with Gasteiger partial charge in [-0.15, -0.1) is 0 Å². The molecule has 0 radical (unpaired) electrons. The van der Waals surface area contributed by atoms with Crippen LogP contribution in [0, 0.1) is 0 Å². The molecular formula is C29H32N4O2. The van der Waals surface area contributed by atoms with Crippen molar-refractivity contribution in [2.24, 2.45) is 0 Å². The molecule has 2 aromatic heterocycles. The molecule has 2 aromatic carbocycles. The van der Waals surface area contributed by atoms with Gasteiger partial charge in [0.1, 0.15) is 11.6 Å². The zero-order valence-corrected chi connectivity index (χ0v) is 20.5. The Morgan fingerprint density at radius 2 is 1.80 bits per heavy atom. The highest BCUT2D eigenvalue weighted by atomic mass is 16.5. The monoisotopic (exact) mass is 468 g/mol. The number of H-pyrrole nitrogens is 1. The molecule has 1 fully saturated rings. The third kappa shape index (κ3) is 5.08. The highest BCUT2D eigenvalue weighted by Gasteiger charge is 2.19. The second-order valence-electron chi connectivity index (χ2n) is 9.61. The Balaban J connectivity index is 1.51. The van der Waals surface area contributed by atoms with E-state index in [4.69, 9.17) is 9.72 Å². The first kappa shape index (κ1) is 23.1. The number of benzene rings is 2. The maximum Gasteiger partial charge on any atom is 0.259 e. The molecule has 0 aliphatic carbocycles. The lowest BCUT2D eigenvalue weighted by atomic mass is 9.89. The number of rotatable bonds is 6. The summed E-state index contributed by atoms with van der Waals surface area (Å²) in [6, 6.07) is 20.3. The zero-order chi connectivity index (χ0) is 24.4. The average Bonchev–Trinajstić information content (AvgIpc) is 2.85. The number of piperidine rings is 1.